The van der Waals surface area contributed by atoms with Crippen LogP contribution in [0.1, 0.15) is 5.69 Å². The van der Waals surface area contributed by atoms with Gasteiger partial charge in [-0.3, -0.25) is 4.79 Å². The molecular formula is C12H10Cl2N2O. The lowest BCUT2D eigenvalue weighted by atomic mass is 10.2. The van der Waals surface area contributed by atoms with Crippen molar-refractivity contribution in [2.75, 3.05) is 5.32 Å². The highest BCUT2D eigenvalue weighted by molar-refractivity contribution is 6.42. The van der Waals surface area contributed by atoms with E-state index in [2.05, 4.69) is 10.3 Å². The number of nitrogens with one attached hydrogen (secondary N) is 2. The van der Waals surface area contributed by atoms with Gasteiger partial charge in [0.15, 0.2) is 0 Å². The first-order chi connectivity index (χ1) is 8.15. The van der Waals surface area contributed by atoms with Gasteiger partial charge in [-0.25, -0.2) is 0 Å². The largest absolute Gasteiger partial charge is 0.365 e. The van der Waals surface area contributed by atoms with Gasteiger partial charge in [-0.05, 0) is 30.3 Å². The average Bonchev–Trinajstić information content (AvgIpc) is 2.76. The van der Waals surface area contributed by atoms with Gasteiger partial charge in [-0.1, -0.05) is 23.2 Å². The van der Waals surface area contributed by atoms with Crippen LogP contribution in [0.15, 0.2) is 36.5 Å². The van der Waals surface area contributed by atoms with Crippen molar-refractivity contribution in [2.45, 2.75) is 6.42 Å². The maximum Gasteiger partial charge on any atom is 0.230 e. The molecule has 2 aromatic rings. The summed E-state index contributed by atoms with van der Waals surface area (Å²) in [6.45, 7) is 0. The predicted molar refractivity (Wildman–Crippen MR) is 69.6 cm³/mol. The van der Waals surface area contributed by atoms with E-state index >= 15 is 0 Å². The number of amides is 1. The van der Waals surface area contributed by atoms with Gasteiger partial charge in [-0.2, -0.15) is 0 Å². The van der Waals surface area contributed by atoms with Gasteiger partial charge < -0.3 is 10.3 Å². The summed E-state index contributed by atoms with van der Waals surface area (Å²) in [6, 6.07) is 8.68. The van der Waals surface area contributed by atoms with Crippen molar-refractivity contribution in [1.82, 2.24) is 4.98 Å². The number of rotatable bonds is 3. The molecule has 0 saturated heterocycles. The third-order valence-corrected chi connectivity index (χ3v) is 2.96. The number of halogens is 2. The summed E-state index contributed by atoms with van der Waals surface area (Å²) >= 11 is 11.6. The number of carbonyl (C=O) groups is 1. The van der Waals surface area contributed by atoms with E-state index in [1.54, 1.807) is 24.4 Å². The maximum atomic E-state index is 11.7. The van der Waals surface area contributed by atoms with Gasteiger partial charge >= 0.3 is 0 Å². The second-order valence-electron chi connectivity index (χ2n) is 3.55. The molecule has 0 saturated carbocycles. The van der Waals surface area contributed by atoms with Crippen LogP contribution in [0, 0.1) is 0 Å². The number of carbonyl (C=O) groups excluding carboxylic acids is 1. The molecule has 3 nitrogen and oxygen atoms in total. The van der Waals surface area contributed by atoms with Crippen LogP contribution in [-0.4, -0.2) is 10.9 Å². The van der Waals surface area contributed by atoms with Crippen molar-refractivity contribution in [2.24, 2.45) is 0 Å². The van der Waals surface area contributed by atoms with Gasteiger partial charge in [0, 0.05) is 17.6 Å². The maximum absolute atomic E-state index is 11.7. The molecule has 1 aromatic carbocycles. The monoisotopic (exact) mass is 268 g/mol. The zero-order valence-corrected chi connectivity index (χ0v) is 10.3. The van der Waals surface area contributed by atoms with E-state index in [1.807, 2.05) is 12.1 Å². The van der Waals surface area contributed by atoms with Crippen molar-refractivity contribution < 1.29 is 4.79 Å². The lowest BCUT2D eigenvalue weighted by Crippen LogP contribution is -2.14. The second kappa shape index (κ2) is 5.25. The van der Waals surface area contributed by atoms with Crippen LogP contribution in [-0.2, 0) is 11.2 Å². The fourth-order valence-electron chi connectivity index (χ4n) is 1.43. The zero-order valence-electron chi connectivity index (χ0n) is 8.84. The molecule has 2 rings (SSSR count). The number of aromatic amines is 1. The molecule has 0 atom stereocenters. The van der Waals surface area contributed by atoms with Gasteiger partial charge in [0.05, 0.1) is 16.5 Å². The van der Waals surface area contributed by atoms with Crippen molar-refractivity contribution in [1.29, 1.82) is 0 Å². The molecule has 0 fully saturated rings. The number of H-pyrrole nitrogens is 1. The molecule has 1 aromatic heterocycles. The first kappa shape index (κ1) is 12.0. The van der Waals surface area contributed by atoms with Crippen molar-refractivity contribution in [3.63, 3.8) is 0 Å². The highest BCUT2D eigenvalue weighted by atomic mass is 35.5. The van der Waals surface area contributed by atoms with Crippen LogP contribution in [0.5, 0.6) is 0 Å². The van der Waals surface area contributed by atoms with Crippen LogP contribution in [0.25, 0.3) is 0 Å². The minimum atomic E-state index is -0.106. The summed E-state index contributed by atoms with van der Waals surface area (Å²) in [5.41, 5.74) is 1.50. The molecule has 1 amide bonds. The van der Waals surface area contributed by atoms with Crippen LogP contribution in [0.3, 0.4) is 0 Å². The molecule has 0 spiro atoms. The molecule has 0 bridgehead atoms. The lowest BCUT2D eigenvalue weighted by molar-refractivity contribution is -0.115. The third kappa shape index (κ3) is 3.25. The van der Waals surface area contributed by atoms with Crippen molar-refractivity contribution >= 4 is 34.8 Å². The summed E-state index contributed by atoms with van der Waals surface area (Å²) in [6.07, 6.45) is 2.08. The molecule has 0 aliphatic carbocycles. The molecule has 1 heterocycles. The molecule has 2 N–H and O–H groups in total. The summed E-state index contributed by atoms with van der Waals surface area (Å²) in [7, 11) is 0. The van der Waals surface area contributed by atoms with E-state index in [-0.39, 0.29) is 5.91 Å². The van der Waals surface area contributed by atoms with Crippen molar-refractivity contribution in [3.8, 4) is 0 Å². The Bertz CT molecular complexity index is 523. The minimum absolute atomic E-state index is 0.106. The highest BCUT2D eigenvalue weighted by Gasteiger charge is 2.06. The molecule has 0 radical (unpaired) electrons. The smallest absolute Gasteiger partial charge is 0.230 e. The molecular weight excluding hydrogens is 259 g/mol. The fraction of sp³-hybridized carbons (Fsp3) is 0.0833. The van der Waals surface area contributed by atoms with Gasteiger partial charge in [0.2, 0.25) is 5.91 Å². The second-order valence-corrected chi connectivity index (χ2v) is 4.36. The number of benzene rings is 1. The Hall–Kier alpha value is -1.45. The normalized spacial score (nSPS) is 10.2. The minimum Gasteiger partial charge on any atom is -0.365 e. The summed E-state index contributed by atoms with van der Waals surface area (Å²) in [5, 5.41) is 3.63. The highest BCUT2D eigenvalue weighted by Crippen LogP contribution is 2.24. The molecule has 0 aliphatic rings. The van der Waals surface area contributed by atoms with E-state index < -0.39 is 0 Å². The van der Waals surface area contributed by atoms with E-state index in [0.717, 1.165) is 5.69 Å². The zero-order chi connectivity index (χ0) is 12.3. The van der Waals surface area contributed by atoms with E-state index in [4.69, 9.17) is 23.2 Å². The molecule has 88 valence electrons. The molecule has 5 heteroatoms. The number of hydrogen-bond acceptors (Lipinski definition) is 1. The Labute approximate surface area is 109 Å². The first-order valence-electron chi connectivity index (χ1n) is 5.02. The van der Waals surface area contributed by atoms with Gasteiger partial charge in [0.25, 0.3) is 0 Å². The Morgan fingerprint density at radius 1 is 1.24 bits per heavy atom. The Balaban J connectivity index is 2.00. The van der Waals surface area contributed by atoms with Gasteiger partial charge in [0.1, 0.15) is 0 Å². The first-order valence-corrected chi connectivity index (χ1v) is 5.78. The fourth-order valence-corrected chi connectivity index (χ4v) is 1.73. The summed E-state index contributed by atoms with van der Waals surface area (Å²) in [4.78, 5) is 14.6. The van der Waals surface area contributed by atoms with E-state index in [9.17, 15) is 4.79 Å². The quantitative estimate of drug-likeness (QED) is 0.880. The van der Waals surface area contributed by atoms with E-state index in [0.29, 0.717) is 22.2 Å². The van der Waals surface area contributed by atoms with Crippen LogP contribution in [0.2, 0.25) is 10.0 Å². The SMILES string of the molecule is O=C(Cc1ccc[nH]1)Nc1ccc(Cl)c(Cl)c1. The lowest BCUT2D eigenvalue weighted by Gasteiger charge is -2.05. The topological polar surface area (TPSA) is 44.9 Å². The van der Waals surface area contributed by atoms with Gasteiger partial charge in [-0.15, -0.1) is 0 Å². The molecule has 17 heavy (non-hydrogen) atoms. The third-order valence-electron chi connectivity index (χ3n) is 2.22. The Morgan fingerprint density at radius 2 is 2.06 bits per heavy atom. The number of anilines is 1. The van der Waals surface area contributed by atoms with Crippen LogP contribution < -0.4 is 5.32 Å². The number of aromatic nitrogens is 1. The Morgan fingerprint density at radius 3 is 2.71 bits per heavy atom. The summed E-state index contributed by atoms with van der Waals surface area (Å²) < 4.78 is 0. The predicted octanol–water partition coefficient (Wildman–Crippen LogP) is 3.50. The summed E-state index contributed by atoms with van der Waals surface area (Å²) in [5.74, 6) is -0.106. The number of hydrogen-bond donors (Lipinski definition) is 2. The molecule has 0 unspecified atom stereocenters. The van der Waals surface area contributed by atoms with Crippen molar-refractivity contribution in [3.05, 3.63) is 52.3 Å². The standard InChI is InChI=1S/C12H10Cl2N2O/c13-10-4-3-9(6-11(10)14)16-12(17)7-8-2-1-5-15-8/h1-6,15H,7H2,(H,16,17). The van der Waals surface area contributed by atoms with E-state index in [1.165, 1.54) is 0 Å². The Kier molecular flexibility index (Phi) is 3.71. The molecule has 0 aliphatic heterocycles. The van der Waals surface area contributed by atoms with Crippen LogP contribution >= 0.6 is 23.2 Å². The average molecular weight is 269 g/mol. The van der Waals surface area contributed by atoms with Crippen LogP contribution in [0.4, 0.5) is 5.69 Å².